The molecule has 3 aliphatic rings. The maximum absolute atomic E-state index is 13.2. The van der Waals surface area contributed by atoms with Crippen LogP contribution in [-0.2, 0) is 4.79 Å². The number of methoxy groups -OCH3 is 2. The third-order valence-corrected chi connectivity index (χ3v) is 8.72. The van der Waals surface area contributed by atoms with Crippen molar-refractivity contribution >= 4 is 51.3 Å². The third-order valence-electron chi connectivity index (χ3n) is 7.39. The van der Waals surface area contributed by atoms with Gasteiger partial charge in [0.1, 0.15) is 27.2 Å². The topological polar surface area (TPSA) is 102 Å². The molecule has 1 amide bonds. The van der Waals surface area contributed by atoms with Crippen LogP contribution in [0.5, 0.6) is 17.2 Å². The van der Waals surface area contributed by atoms with Gasteiger partial charge in [0.25, 0.3) is 5.91 Å². The number of thioether (sulfide) groups is 1. The molecule has 2 aliphatic carbocycles. The minimum atomic E-state index is -0.796. The molecule has 36 heavy (non-hydrogen) atoms. The predicted molar refractivity (Wildman–Crippen MR) is 139 cm³/mol. The number of rotatable bonds is 5. The van der Waals surface area contributed by atoms with Crippen LogP contribution in [0.3, 0.4) is 0 Å². The molecular formula is C26H23NO7S2. The third kappa shape index (κ3) is 3.54. The van der Waals surface area contributed by atoms with Gasteiger partial charge in [0.2, 0.25) is 5.75 Å². The highest BCUT2D eigenvalue weighted by molar-refractivity contribution is 8.26. The van der Waals surface area contributed by atoms with E-state index in [1.165, 1.54) is 38.8 Å². The van der Waals surface area contributed by atoms with E-state index in [1.807, 2.05) is 0 Å². The Morgan fingerprint density at radius 3 is 2.64 bits per heavy atom. The fourth-order valence-corrected chi connectivity index (χ4v) is 7.12. The first kappa shape index (κ1) is 23.2. The molecule has 0 spiro atoms. The molecule has 8 nitrogen and oxygen atoms in total. The summed E-state index contributed by atoms with van der Waals surface area (Å²) in [5.41, 5.74) is -0.849. The van der Waals surface area contributed by atoms with E-state index >= 15 is 0 Å². The van der Waals surface area contributed by atoms with Gasteiger partial charge >= 0.3 is 5.63 Å². The van der Waals surface area contributed by atoms with Crippen molar-refractivity contribution < 1.29 is 28.2 Å². The Labute approximate surface area is 215 Å². The molecule has 1 aromatic carbocycles. The number of nitrogens with zero attached hydrogens (tertiary/aromatic N) is 1. The van der Waals surface area contributed by atoms with Crippen LogP contribution in [0.1, 0.15) is 31.4 Å². The molecule has 186 valence electrons. The zero-order valence-corrected chi connectivity index (χ0v) is 21.2. The fourth-order valence-electron chi connectivity index (χ4n) is 5.77. The van der Waals surface area contributed by atoms with Crippen molar-refractivity contribution in [2.75, 3.05) is 14.2 Å². The fraction of sp³-hybridized carbons (Fsp3) is 0.346. The van der Waals surface area contributed by atoms with Crippen LogP contribution in [0.2, 0.25) is 0 Å². The summed E-state index contributed by atoms with van der Waals surface area (Å²) in [5.74, 6) is 1.87. The van der Waals surface area contributed by atoms with Crippen LogP contribution in [0, 0.1) is 11.8 Å². The molecular weight excluding hydrogens is 502 g/mol. The highest BCUT2D eigenvalue weighted by atomic mass is 32.2. The highest BCUT2D eigenvalue weighted by Gasteiger charge is 2.48. The second kappa shape index (κ2) is 8.70. The molecule has 3 unspecified atom stereocenters. The SMILES string of the molecule is COc1ccc2c(O)c(-c3ccc(/C=C4\SC(=S)N(C5CC6CCC5C6)C4=O)o3)c(=O)oc2c1OC. The Balaban J connectivity index is 1.33. The monoisotopic (exact) mass is 525 g/mol. The summed E-state index contributed by atoms with van der Waals surface area (Å²) in [5, 5.41) is 11.2. The Morgan fingerprint density at radius 2 is 1.94 bits per heavy atom. The zero-order valence-electron chi connectivity index (χ0n) is 19.6. The molecule has 1 aliphatic heterocycles. The van der Waals surface area contributed by atoms with E-state index in [2.05, 4.69) is 0 Å². The summed E-state index contributed by atoms with van der Waals surface area (Å²) in [6.45, 7) is 0. The van der Waals surface area contributed by atoms with Crippen molar-refractivity contribution in [2.24, 2.45) is 11.8 Å². The molecule has 1 N–H and O–H groups in total. The lowest BCUT2D eigenvalue weighted by Gasteiger charge is -2.30. The van der Waals surface area contributed by atoms with Gasteiger partial charge in [-0.2, -0.15) is 0 Å². The number of furan rings is 1. The van der Waals surface area contributed by atoms with Gasteiger partial charge in [-0.15, -0.1) is 0 Å². The number of amides is 1. The normalized spacial score (nSPS) is 24.4. The first-order chi connectivity index (χ1) is 17.4. The highest BCUT2D eigenvalue weighted by Crippen LogP contribution is 2.49. The number of fused-ring (bicyclic) bond motifs is 3. The van der Waals surface area contributed by atoms with Gasteiger partial charge in [-0.25, -0.2) is 4.79 Å². The molecule has 10 heteroatoms. The van der Waals surface area contributed by atoms with E-state index in [0.717, 1.165) is 12.8 Å². The van der Waals surface area contributed by atoms with Gasteiger partial charge in [-0.1, -0.05) is 30.4 Å². The molecule has 2 saturated carbocycles. The molecule has 1 saturated heterocycles. The van der Waals surface area contributed by atoms with Crippen molar-refractivity contribution in [3.8, 4) is 28.6 Å². The van der Waals surface area contributed by atoms with Crippen LogP contribution in [0.4, 0.5) is 0 Å². The Hall–Kier alpha value is -3.24. The maximum atomic E-state index is 13.2. The first-order valence-electron chi connectivity index (χ1n) is 11.7. The van der Waals surface area contributed by atoms with Crippen LogP contribution in [0.15, 0.2) is 42.8 Å². The van der Waals surface area contributed by atoms with Gasteiger partial charge in [-0.3, -0.25) is 9.69 Å². The van der Waals surface area contributed by atoms with Crippen molar-refractivity contribution in [1.82, 2.24) is 4.90 Å². The van der Waals surface area contributed by atoms with Gasteiger partial charge in [-0.05, 0) is 55.4 Å². The van der Waals surface area contributed by atoms with Gasteiger partial charge in [0.05, 0.1) is 24.5 Å². The number of thiocarbonyl (C=S) groups is 1. The average molecular weight is 526 g/mol. The summed E-state index contributed by atoms with van der Waals surface area (Å²) in [4.78, 5) is 28.3. The van der Waals surface area contributed by atoms with Gasteiger partial charge in [0, 0.05) is 12.1 Å². The number of hydrogen-bond acceptors (Lipinski definition) is 9. The summed E-state index contributed by atoms with van der Waals surface area (Å²) in [6.07, 6.45) is 6.23. The number of benzene rings is 1. The smallest absolute Gasteiger partial charge is 0.351 e. The van der Waals surface area contributed by atoms with Gasteiger partial charge in [0.15, 0.2) is 11.3 Å². The number of hydrogen-bond donors (Lipinski definition) is 1. The van der Waals surface area contributed by atoms with Crippen molar-refractivity contribution in [3.05, 3.63) is 45.4 Å². The first-order valence-corrected chi connectivity index (χ1v) is 12.9. The zero-order chi connectivity index (χ0) is 25.1. The van der Waals surface area contributed by atoms with E-state index in [4.69, 9.17) is 30.5 Å². The molecule has 3 atom stereocenters. The van der Waals surface area contributed by atoms with E-state index < -0.39 is 5.63 Å². The Morgan fingerprint density at radius 1 is 1.11 bits per heavy atom. The lowest BCUT2D eigenvalue weighted by Crippen LogP contribution is -2.41. The quantitative estimate of drug-likeness (QED) is 0.275. The standard InChI is InChI=1S/C26H23NO7S2/c1-31-18-8-6-15-21(28)20(25(30)34-22(15)23(18)32-2)17-7-5-14(33-17)11-19-24(29)27(26(35)36-19)16-10-12-3-4-13(16)9-12/h5-8,11-13,16,28H,3-4,9-10H2,1-2H3/b19-11-. The van der Waals surface area contributed by atoms with Crippen molar-refractivity contribution in [2.45, 2.75) is 31.7 Å². The number of aromatic hydroxyl groups is 1. The largest absolute Gasteiger partial charge is 0.506 e. The number of ether oxygens (including phenoxy) is 2. The lowest BCUT2D eigenvalue weighted by atomic mass is 9.94. The minimum Gasteiger partial charge on any atom is -0.506 e. The minimum absolute atomic E-state index is 0.0687. The summed E-state index contributed by atoms with van der Waals surface area (Å²) in [6, 6.07) is 6.56. The van der Waals surface area contributed by atoms with E-state index in [0.29, 0.717) is 32.6 Å². The second-order valence-corrected chi connectivity index (χ2v) is 11.0. The Bertz CT molecular complexity index is 1500. The summed E-state index contributed by atoms with van der Waals surface area (Å²) in [7, 11) is 2.88. The molecule has 3 aromatic rings. The van der Waals surface area contributed by atoms with Crippen molar-refractivity contribution in [1.29, 1.82) is 0 Å². The Kier molecular flexibility index (Phi) is 5.60. The van der Waals surface area contributed by atoms with Gasteiger partial charge < -0.3 is 23.4 Å². The maximum Gasteiger partial charge on any atom is 0.351 e. The summed E-state index contributed by atoms with van der Waals surface area (Å²) < 4.78 is 22.5. The molecule has 6 rings (SSSR count). The van der Waals surface area contributed by atoms with Crippen LogP contribution in [0.25, 0.3) is 28.4 Å². The molecule has 0 radical (unpaired) electrons. The lowest BCUT2D eigenvalue weighted by molar-refractivity contribution is -0.124. The second-order valence-electron chi connectivity index (χ2n) is 9.29. The molecule has 3 heterocycles. The van der Waals surface area contributed by atoms with E-state index in [-0.39, 0.29) is 45.7 Å². The molecule has 2 bridgehead atoms. The number of carbonyl (C=O) groups is 1. The van der Waals surface area contributed by atoms with E-state index in [1.54, 1.807) is 35.2 Å². The molecule has 2 aromatic heterocycles. The van der Waals surface area contributed by atoms with Crippen LogP contribution >= 0.6 is 24.0 Å². The average Bonchev–Trinajstić information content (AvgIpc) is 3.64. The number of carbonyl (C=O) groups excluding carboxylic acids is 1. The summed E-state index contributed by atoms with van der Waals surface area (Å²) >= 11 is 6.82. The van der Waals surface area contributed by atoms with Crippen LogP contribution in [-0.4, -0.2) is 40.5 Å². The molecule has 3 fully saturated rings. The van der Waals surface area contributed by atoms with Crippen LogP contribution < -0.4 is 15.1 Å². The van der Waals surface area contributed by atoms with Crippen molar-refractivity contribution in [3.63, 3.8) is 0 Å². The predicted octanol–water partition coefficient (Wildman–Crippen LogP) is 5.17. The van der Waals surface area contributed by atoms with E-state index in [9.17, 15) is 14.7 Å².